The summed E-state index contributed by atoms with van der Waals surface area (Å²) in [5, 5.41) is 9.30. The van der Waals surface area contributed by atoms with E-state index in [2.05, 4.69) is 26.0 Å². The van der Waals surface area contributed by atoms with Crippen LogP contribution in [0.4, 0.5) is 0 Å². The molecule has 2 aromatic carbocycles. The lowest BCUT2D eigenvalue weighted by Crippen LogP contribution is -2.20. The van der Waals surface area contributed by atoms with Crippen molar-refractivity contribution < 1.29 is 9.84 Å². The lowest BCUT2D eigenvalue weighted by Gasteiger charge is -2.20. The summed E-state index contributed by atoms with van der Waals surface area (Å²) in [6.45, 7) is 4.95. The van der Waals surface area contributed by atoms with Crippen LogP contribution < -0.4 is 10.5 Å². The van der Waals surface area contributed by atoms with Gasteiger partial charge in [-0.05, 0) is 67.1 Å². The van der Waals surface area contributed by atoms with E-state index in [0.717, 1.165) is 17.9 Å². The smallest absolute Gasteiger partial charge is 0.127 e. The molecule has 0 aromatic heterocycles. The third-order valence-electron chi connectivity index (χ3n) is 4.03. The lowest BCUT2D eigenvalue weighted by atomic mass is 9.88. The molecule has 2 atom stereocenters. The van der Waals surface area contributed by atoms with Crippen molar-refractivity contribution in [3.8, 4) is 11.5 Å². The van der Waals surface area contributed by atoms with E-state index in [-0.39, 0.29) is 12.5 Å². The Kier molecular flexibility index (Phi) is 5.99. The number of rotatable bonds is 7. The number of aliphatic hydroxyl groups is 1. The Morgan fingerprint density at radius 2 is 1.82 bits per heavy atom. The van der Waals surface area contributed by atoms with Crippen molar-refractivity contribution in [2.24, 2.45) is 11.7 Å². The van der Waals surface area contributed by atoms with Crippen molar-refractivity contribution in [3.05, 3.63) is 59.7 Å². The first-order chi connectivity index (χ1) is 10.6. The fraction of sp³-hybridized carbons (Fsp3) is 0.368. The van der Waals surface area contributed by atoms with E-state index in [1.54, 1.807) is 0 Å². The molecule has 0 aliphatic rings. The third kappa shape index (κ3) is 4.33. The Morgan fingerprint density at radius 3 is 2.41 bits per heavy atom. The number of nitrogens with two attached hydrogens (primary N) is 1. The van der Waals surface area contributed by atoms with Gasteiger partial charge in [0.25, 0.3) is 0 Å². The molecule has 0 fully saturated rings. The second-order valence-electron chi connectivity index (χ2n) is 5.85. The third-order valence-corrected chi connectivity index (χ3v) is 4.03. The molecule has 0 radical (unpaired) electrons. The van der Waals surface area contributed by atoms with Gasteiger partial charge in [-0.15, -0.1) is 0 Å². The molecule has 0 saturated carbocycles. The predicted molar refractivity (Wildman–Crippen MR) is 90.4 cm³/mol. The van der Waals surface area contributed by atoms with Crippen LogP contribution in [0.5, 0.6) is 11.5 Å². The van der Waals surface area contributed by atoms with Crippen LogP contribution in [0, 0.1) is 12.8 Å². The maximum Gasteiger partial charge on any atom is 0.127 e. The molecule has 0 bridgehead atoms. The Balaban J connectivity index is 2.09. The lowest BCUT2D eigenvalue weighted by molar-refractivity contribution is 0.217. The zero-order valence-electron chi connectivity index (χ0n) is 13.3. The normalized spacial score (nSPS) is 13.6. The van der Waals surface area contributed by atoms with Gasteiger partial charge in [-0.2, -0.15) is 0 Å². The Labute approximate surface area is 132 Å². The molecule has 2 unspecified atom stereocenters. The average molecular weight is 299 g/mol. The first-order valence-corrected chi connectivity index (χ1v) is 7.78. The summed E-state index contributed by atoms with van der Waals surface area (Å²) in [7, 11) is 0. The van der Waals surface area contributed by atoms with Crippen molar-refractivity contribution >= 4 is 0 Å². The topological polar surface area (TPSA) is 55.5 Å². The van der Waals surface area contributed by atoms with Gasteiger partial charge < -0.3 is 15.6 Å². The molecule has 0 amide bonds. The predicted octanol–water partition coefficient (Wildman–Crippen LogP) is 3.85. The van der Waals surface area contributed by atoms with Crippen molar-refractivity contribution in [1.29, 1.82) is 0 Å². The number of hydrogen-bond acceptors (Lipinski definition) is 3. The van der Waals surface area contributed by atoms with Crippen LogP contribution >= 0.6 is 0 Å². The van der Waals surface area contributed by atoms with Crippen molar-refractivity contribution in [2.45, 2.75) is 26.2 Å². The summed E-state index contributed by atoms with van der Waals surface area (Å²) in [6.07, 6.45) is 0.896. The van der Waals surface area contributed by atoms with Gasteiger partial charge in [0.15, 0.2) is 0 Å². The van der Waals surface area contributed by atoms with Crippen molar-refractivity contribution in [2.75, 3.05) is 13.2 Å². The highest BCUT2D eigenvalue weighted by atomic mass is 16.5. The highest BCUT2D eigenvalue weighted by Gasteiger charge is 2.15. The summed E-state index contributed by atoms with van der Waals surface area (Å²) in [5.41, 5.74) is 8.17. The van der Waals surface area contributed by atoms with Gasteiger partial charge in [0.05, 0.1) is 0 Å². The molecular formula is C19H25NO2. The molecule has 22 heavy (non-hydrogen) atoms. The van der Waals surface area contributed by atoms with Gasteiger partial charge in [-0.1, -0.05) is 31.2 Å². The van der Waals surface area contributed by atoms with E-state index >= 15 is 0 Å². The molecule has 0 heterocycles. The van der Waals surface area contributed by atoms with E-state index in [1.807, 2.05) is 36.4 Å². The molecule has 2 aromatic rings. The van der Waals surface area contributed by atoms with Gasteiger partial charge in [-0.25, -0.2) is 0 Å². The first-order valence-electron chi connectivity index (χ1n) is 7.78. The first kappa shape index (κ1) is 16.5. The molecule has 118 valence electrons. The molecule has 0 saturated heterocycles. The van der Waals surface area contributed by atoms with Crippen LogP contribution in [-0.2, 0) is 0 Å². The van der Waals surface area contributed by atoms with Gasteiger partial charge >= 0.3 is 0 Å². The molecule has 2 rings (SSSR count). The van der Waals surface area contributed by atoms with Crippen LogP contribution in [0.1, 0.15) is 30.4 Å². The molecule has 3 N–H and O–H groups in total. The van der Waals surface area contributed by atoms with Gasteiger partial charge in [-0.3, -0.25) is 0 Å². The molecule has 0 aliphatic carbocycles. The summed E-state index contributed by atoms with van der Waals surface area (Å²) >= 11 is 0. The Hall–Kier alpha value is -1.84. The van der Waals surface area contributed by atoms with Crippen LogP contribution in [0.25, 0.3) is 0 Å². The highest BCUT2D eigenvalue weighted by molar-refractivity contribution is 5.39. The molecule has 3 nitrogen and oxygen atoms in total. The van der Waals surface area contributed by atoms with E-state index in [9.17, 15) is 5.11 Å². The van der Waals surface area contributed by atoms with Crippen LogP contribution in [0.15, 0.2) is 48.5 Å². The van der Waals surface area contributed by atoms with E-state index in [1.165, 1.54) is 11.1 Å². The minimum atomic E-state index is 0.148. The SMILES string of the molecule is Cc1cc(Oc2ccccc2)ccc1C(C)CC(CN)CO. The molecular weight excluding hydrogens is 274 g/mol. The molecule has 0 aliphatic heterocycles. The summed E-state index contributed by atoms with van der Waals surface area (Å²) in [6, 6.07) is 16.0. The van der Waals surface area contributed by atoms with E-state index in [0.29, 0.717) is 12.5 Å². The van der Waals surface area contributed by atoms with Gasteiger partial charge in [0, 0.05) is 6.61 Å². The molecule has 3 heteroatoms. The summed E-state index contributed by atoms with van der Waals surface area (Å²) in [5.74, 6) is 2.21. The quantitative estimate of drug-likeness (QED) is 0.816. The summed E-state index contributed by atoms with van der Waals surface area (Å²) < 4.78 is 5.86. The second-order valence-corrected chi connectivity index (χ2v) is 5.85. The number of benzene rings is 2. The largest absolute Gasteiger partial charge is 0.457 e. The van der Waals surface area contributed by atoms with Crippen molar-refractivity contribution in [1.82, 2.24) is 0 Å². The fourth-order valence-electron chi connectivity index (χ4n) is 2.76. The number of para-hydroxylation sites is 1. The van der Waals surface area contributed by atoms with E-state index in [4.69, 9.17) is 10.5 Å². The monoisotopic (exact) mass is 299 g/mol. The highest BCUT2D eigenvalue weighted by Crippen LogP contribution is 2.30. The minimum absolute atomic E-state index is 0.148. The van der Waals surface area contributed by atoms with Gasteiger partial charge in [0.1, 0.15) is 11.5 Å². The summed E-state index contributed by atoms with van der Waals surface area (Å²) in [4.78, 5) is 0. The number of ether oxygens (including phenoxy) is 1. The van der Waals surface area contributed by atoms with Crippen LogP contribution in [-0.4, -0.2) is 18.3 Å². The number of hydrogen-bond donors (Lipinski definition) is 2. The van der Waals surface area contributed by atoms with Crippen LogP contribution in [0.2, 0.25) is 0 Å². The minimum Gasteiger partial charge on any atom is -0.457 e. The Bertz CT molecular complexity index is 579. The van der Waals surface area contributed by atoms with Crippen molar-refractivity contribution in [3.63, 3.8) is 0 Å². The number of aliphatic hydroxyl groups excluding tert-OH is 1. The maximum absolute atomic E-state index is 9.30. The standard InChI is InChI=1S/C19H25NO2/c1-14(10-16(12-20)13-21)19-9-8-18(11-15(19)2)22-17-6-4-3-5-7-17/h3-9,11,14,16,21H,10,12-13,20H2,1-2H3. The zero-order valence-corrected chi connectivity index (χ0v) is 13.3. The number of aryl methyl sites for hydroxylation is 1. The van der Waals surface area contributed by atoms with Crippen LogP contribution in [0.3, 0.4) is 0 Å². The molecule has 0 spiro atoms. The zero-order chi connectivity index (χ0) is 15.9. The second kappa shape index (κ2) is 7.97. The maximum atomic E-state index is 9.30. The van der Waals surface area contributed by atoms with E-state index < -0.39 is 0 Å². The van der Waals surface area contributed by atoms with Gasteiger partial charge in [0.2, 0.25) is 0 Å². The average Bonchev–Trinajstić information content (AvgIpc) is 2.53. The fourth-order valence-corrected chi connectivity index (χ4v) is 2.76. The Morgan fingerprint density at radius 1 is 1.09 bits per heavy atom.